The number of hydrogen-bond acceptors (Lipinski definition) is 4. The molecule has 0 aromatic heterocycles. The van der Waals surface area contributed by atoms with Gasteiger partial charge in [-0.1, -0.05) is 41.9 Å². The number of nitrogens with zero attached hydrogens (tertiary/aromatic N) is 1. The van der Waals surface area contributed by atoms with Crippen LogP contribution in [-0.2, 0) is 27.0 Å². The number of esters is 1. The van der Waals surface area contributed by atoms with E-state index < -0.39 is 34.7 Å². The van der Waals surface area contributed by atoms with Crippen molar-refractivity contribution in [1.29, 1.82) is 0 Å². The topological polar surface area (TPSA) is 58.6 Å². The lowest BCUT2D eigenvalue weighted by atomic mass is 10.1. The zero-order valence-electron chi connectivity index (χ0n) is 15.2. The molecule has 1 atom stereocenters. The maximum Gasteiger partial charge on any atom is 0.417 e. The number of carbonyl (C=O) groups excluding carboxylic acids is 2. The van der Waals surface area contributed by atoms with E-state index in [4.69, 9.17) is 16.3 Å². The molecule has 0 spiro atoms. The Morgan fingerprint density at radius 2 is 1.93 bits per heavy atom. The summed E-state index contributed by atoms with van der Waals surface area (Å²) in [5.74, 6) is -1.13. The molecule has 1 fully saturated rings. The lowest BCUT2D eigenvalue weighted by Crippen LogP contribution is -2.49. The number of cyclic esters (lactones) is 1. The number of carbonyl (C=O) groups is 2. The fourth-order valence-electron chi connectivity index (χ4n) is 3.09. The smallest absolute Gasteiger partial charge is 0.417 e. The second-order valence-corrected chi connectivity index (χ2v) is 6.99. The summed E-state index contributed by atoms with van der Waals surface area (Å²) in [6.07, 6.45) is -4.88. The van der Waals surface area contributed by atoms with Gasteiger partial charge >= 0.3 is 12.1 Å². The van der Waals surface area contributed by atoms with E-state index in [0.717, 1.165) is 17.7 Å². The SMILES string of the molecule is O=C(CC1C(=O)OCCN1Cc1ccccc1)Nc1ccc(Cl)c(C(F)(F)F)c1. The monoisotopic (exact) mass is 426 g/mol. The Balaban J connectivity index is 1.70. The summed E-state index contributed by atoms with van der Waals surface area (Å²) in [6.45, 7) is 1.13. The summed E-state index contributed by atoms with van der Waals surface area (Å²) in [4.78, 5) is 26.4. The lowest BCUT2D eigenvalue weighted by Gasteiger charge is -2.33. The third kappa shape index (κ3) is 5.48. The highest BCUT2D eigenvalue weighted by atomic mass is 35.5. The molecular weight excluding hydrogens is 409 g/mol. The van der Waals surface area contributed by atoms with E-state index in [1.807, 2.05) is 35.2 Å². The van der Waals surface area contributed by atoms with Crippen LogP contribution in [0, 0.1) is 0 Å². The van der Waals surface area contributed by atoms with Crippen LogP contribution in [0.5, 0.6) is 0 Å². The molecule has 0 aliphatic carbocycles. The molecular formula is C20H18ClF3N2O3. The molecule has 3 rings (SSSR count). The number of anilines is 1. The maximum absolute atomic E-state index is 13.0. The van der Waals surface area contributed by atoms with Gasteiger partial charge in [-0.15, -0.1) is 0 Å². The Kier molecular flexibility index (Phi) is 6.44. The summed E-state index contributed by atoms with van der Waals surface area (Å²) in [5, 5.41) is 1.94. The first-order valence-corrected chi connectivity index (χ1v) is 9.23. The van der Waals surface area contributed by atoms with Crippen molar-refractivity contribution in [3.63, 3.8) is 0 Å². The van der Waals surface area contributed by atoms with Crippen molar-refractivity contribution in [1.82, 2.24) is 4.90 Å². The number of halogens is 4. The zero-order chi connectivity index (χ0) is 21.0. The summed E-state index contributed by atoms with van der Waals surface area (Å²) in [5.41, 5.74) is -0.120. The van der Waals surface area contributed by atoms with Crippen LogP contribution < -0.4 is 5.32 Å². The molecule has 1 heterocycles. The van der Waals surface area contributed by atoms with Crippen molar-refractivity contribution < 1.29 is 27.5 Å². The molecule has 29 heavy (non-hydrogen) atoms. The van der Waals surface area contributed by atoms with Crippen molar-refractivity contribution in [2.75, 3.05) is 18.5 Å². The molecule has 1 amide bonds. The standard InChI is InChI=1S/C20H18ClF3N2O3/c21-16-7-6-14(10-15(16)20(22,23)24)25-18(27)11-17-19(28)29-9-8-26(17)12-13-4-2-1-3-5-13/h1-7,10,17H,8-9,11-12H2,(H,25,27). The first kappa shape index (κ1) is 21.1. The number of benzene rings is 2. The van der Waals surface area contributed by atoms with Crippen LogP contribution in [0.4, 0.5) is 18.9 Å². The number of ether oxygens (including phenoxy) is 1. The van der Waals surface area contributed by atoms with E-state index in [-0.39, 0.29) is 18.7 Å². The van der Waals surface area contributed by atoms with Crippen molar-refractivity contribution >= 4 is 29.2 Å². The average molecular weight is 427 g/mol. The number of hydrogen-bond donors (Lipinski definition) is 1. The molecule has 1 aliphatic heterocycles. The van der Waals surface area contributed by atoms with Crippen LogP contribution in [0.15, 0.2) is 48.5 Å². The lowest BCUT2D eigenvalue weighted by molar-refractivity contribution is -0.159. The fourth-order valence-corrected chi connectivity index (χ4v) is 3.32. The molecule has 5 nitrogen and oxygen atoms in total. The van der Waals surface area contributed by atoms with Gasteiger partial charge in [0.1, 0.15) is 12.6 Å². The number of alkyl halides is 3. The highest BCUT2D eigenvalue weighted by Crippen LogP contribution is 2.36. The van der Waals surface area contributed by atoms with E-state index in [9.17, 15) is 22.8 Å². The molecule has 154 valence electrons. The number of morpholine rings is 1. The van der Waals surface area contributed by atoms with Crippen LogP contribution in [0.2, 0.25) is 5.02 Å². The second-order valence-electron chi connectivity index (χ2n) is 6.58. The Bertz CT molecular complexity index is 890. The van der Waals surface area contributed by atoms with E-state index in [0.29, 0.717) is 13.1 Å². The zero-order valence-corrected chi connectivity index (χ0v) is 16.0. The van der Waals surface area contributed by atoms with Crippen molar-refractivity contribution in [3.05, 3.63) is 64.7 Å². The summed E-state index contributed by atoms with van der Waals surface area (Å²) >= 11 is 5.59. The molecule has 1 unspecified atom stereocenters. The Hall–Kier alpha value is -2.58. The van der Waals surface area contributed by atoms with E-state index in [2.05, 4.69) is 5.32 Å². The van der Waals surface area contributed by atoms with Crippen molar-refractivity contribution in [2.24, 2.45) is 0 Å². The van der Waals surface area contributed by atoms with Gasteiger partial charge in [0.2, 0.25) is 5.91 Å². The van der Waals surface area contributed by atoms with Gasteiger partial charge in [-0.05, 0) is 23.8 Å². The second kappa shape index (κ2) is 8.84. The predicted molar refractivity (Wildman–Crippen MR) is 101 cm³/mol. The van der Waals surface area contributed by atoms with E-state index >= 15 is 0 Å². The maximum atomic E-state index is 13.0. The van der Waals surface area contributed by atoms with Gasteiger partial charge in [0.25, 0.3) is 0 Å². The first-order valence-electron chi connectivity index (χ1n) is 8.85. The molecule has 1 N–H and O–H groups in total. The first-order chi connectivity index (χ1) is 13.7. The number of nitrogens with one attached hydrogen (secondary N) is 1. The molecule has 1 saturated heterocycles. The van der Waals surface area contributed by atoms with Crippen molar-refractivity contribution in [2.45, 2.75) is 25.2 Å². The fraction of sp³-hybridized carbons (Fsp3) is 0.300. The summed E-state index contributed by atoms with van der Waals surface area (Å²) in [6, 6.07) is 11.7. The van der Waals surface area contributed by atoms with Gasteiger partial charge in [0.05, 0.1) is 17.0 Å². The van der Waals surface area contributed by atoms with E-state index in [1.54, 1.807) is 0 Å². The summed E-state index contributed by atoms with van der Waals surface area (Å²) < 4.78 is 44.0. The minimum absolute atomic E-state index is 0.0505. The number of amides is 1. The molecule has 2 aromatic carbocycles. The molecule has 0 bridgehead atoms. The molecule has 1 aliphatic rings. The minimum atomic E-state index is -4.64. The van der Waals surface area contributed by atoms with Gasteiger partial charge in [-0.3, -0.25) is 14.5 Å². The predicted octanol–water partition coefficient (Wildman–Crippen LogP) is 4.12. The Morgan fingerprint density at radius 3 is 2.62 bits per heavy atom. The highest BCUT2D eigenvalue weighted by Gasteiger charge is 2.35. The van der Waals surface area contributed by atoms with Gasteiger partial charge in [0, 0.05) is 18.8 Å². The Labute approximate surface area is 170 Å². The minimum Gasteiger partial charge on any atom is -0.463 e. The van der Waals surface area contributed by atoms with Crippen molar-refractivity contribution in [3.8, 4) is 0 Å². The van der Waals surface area contributed by atoms with Crippen LogP contribution in [0.3, 0.4) is 0 Å². The Morgan fingerprint density at radius 1 is 1.21 bits per heavy atom. The van der Waals surface area contributed by atoms with Gasteiger partial charge < -0.3 is 10.1 Å². The molecule has 9 heteroatoms. The average Bonchev–Trinajstić information content (AvgIpc) is 2.66. The molecule has 2 aromatic rings. The van der Waals surface area contributed by atoms with Crippen LogP contribution >= 0.6 is 11.6 Å². The third-order valence-corrected chi connectivity index (χ3v) is 4.83. The molecule has 0 saturated carbocycles. The highest BCUT2D eigenvalue weighted by molar-refractivity contribution is 6.31. The largest absolute Gasteiger partial charge is 0.463 e. The molecule has 0 radical (unpaired) electrons. The normalized spacial score (nSPS) is 17.7. The van der Waals surface area contributed by atoms with E-state index in [1.165, 1.54) is 6.07 Å². The van der Waals surface area contributed by atoms with Crippen LogP contribution in [0.25, 0.3) is 0 Å². The van der Waals surface area contributed by atoms with Crippen LogP contribution in [0.1, 0.15) is 17.5 Å². The van der Waals surface area contributed by atoms with Gasteiger partial charge in [-0.2, -0.15) is 13.2 Å². The van der Waals surface area contributed by atoms with Crippen LogP contribution in [-0.4, -0.2) is 36.0 Å². The quantitative estimate of drug-likeness (QED) is 0.731. The van der Waals surface area contributed by atoms with Gasteiger partial charge in [0.15, 0.2) is 0 Å². The van der Waals surface area contributed by atoms with Gasteiger partial charge in [-0.25, -0.2) is 0 Å². The third-order valence-electron chi connectivity index (χ3n) is 4.50. The number of rotatable bonds is 5. The summed E-state index contributed by atoms with van der Waals surface area (Å²) in [7, 11) is 0.